The number of carbonyl (C=O) groups excluding carboxylic acids is 1. The van der Waals surface area contributed by atoms with Crippen LogP contribution in [0.15, 0.2) is 48.7 Å². The number of hydrogen-bond donors (Lipinski definition) is 1. The number of hydrogen-bond acceptors (Lipinski definition) is 4. The number of rotatable bonds is 5. The summed E-state index contributed by atoms with van der Waals surface area (Å²) in [5, 5.41) is 7.00. The second kappa shape index (κ2) is 8.45. The number of nitrogens with one attached hydrogen (secondary N) is 1. The Kier molecular flexibility index (Phi) is 5.74. The summed E-state index contributed by atoms with van der Waals surface area (Å²) in [6, 6.07) is 11.3. The number of aromatic nitrogens is 2. The molecular formula is C22H22ClFN4O2. The maximum atomic E-state index is 13.4. The molecule has 1 aliphatic rings. The number of likely N-dealkylation sites (tertiary alicyclic amines) is 1. The second-order valence-corrected chi connectivity index (χ2v) is 7.83. The van der Waals surface area contributed by atoms with E-state index in [9.17, 15) is 9.18 Å². The van der Waals surface area contributed by atoms with Crippen LogP contribution < -0.4 is 10.1 Å². The summed E-state index contributed by atoms with van der Waals surface area (Å²) in [6.45, 7) is 1.87. The van der Waals surface area contributed by atoms with Crippen LogP contribution in [-0.2, 0) is 7.05 Å². The molecule has 1 atom stereocenters. The standard InChI is InChI=1S/C22H22ClFN4O2/c1-27-10-8-16(13-27)30-21-6-4-15(12-17(21)20-7-9-25-28(20)2)26-22(29)14-3-5-19(24)18(23)11-14/h3-7,9,11-12,16H,8,10,13H2,1-2H3,(H,26,29)/t16-/m1/s1. The largest absolute Gasteiger partial charge is 0.488 e. The van der Waals surface area contributed by atoms with Crippen LogP contribution in [0.2, 0.25) is 5.02 Å². The molecule has 6 nitrogen and oxygen atoms in total. The molecule has 1 amide bonds. The first kappa shape index (κ1) is 20.4. The van der Waals surface area contributed by atoms with Gasteiger partial charge in [-0.25, -0.2) is 4.39 Å². The van der Waals surface area contributed by atoms with Crippen molar-refractivity contribution in [3.05, 3.63) is 65.1 Å². The zero-order valence-corrected chi connectivity index (χ0v) is 17.5. The third-order valence-electron chi connectivity index (χ3n) is 5.16. The van der Waals surface area contributed by atoms with E-state index >= 15 is 0 Å². The summed E-state index contributed by atoms with van der Waals surface area (Å²) in [4.78, 5) is 14.8. The summed E-state index contributed by atoms with van der Waals surface area (Å²) in [5.74, 6) is -0.202. The van der Waals surface area contributed by atoms with Crippen molar-refractivity contribution in [2.75, 3.05) is 25.5 Å². The normalized spacial score (nSPS) is 16.6. The smallest absolute Gasteiger partial charge is 0.255 e. The maximum Gasteiger partial charge on any atom is 0.255 e. The van der Waals surface area contributed by atoms with Crippen LogP contribution in [0.5, 0.6) is 5.75 Å². The Bertz CT molecular complexity index is 1080. The van der Waals surface area contributed by atoms with E-state index in [2.05, 4.69) is 22.4 Å². The van der Waals surface area contributed by atoms with E-state index in [1.807, 2.05) is 25.2 Å². The van der Waals surface area contributed by atoms with Crippen LogP contribution in [-0.4, -0.2) is 46.8 Å². The Labute approximate surface area is 179 Å². The fourth-order valence-corrected chi connectivity index (χ4v) is 3.74. The SMILES string of the molecule is CN1CC[C@@H](Oc2ccc(NC(=O)c3ccc(F)c(Cl)c3)cc2-c2ccnn2C)C1. The van der Waals surface area contributed by atoms with E-state index < -0.39 is 5.82 Å². The van der Waals surface area contributed by atoms with Gasteiger partial charge in [-0.05, 0) is 55.9 Å². The molecule has 0 radical (unpaired) electrons. The first-order valence-electron chi connectivity index (χ1n) is 9.65. The highest BCUT2D eigenvalue weighted by Crippen LogP contribution is 2.34. The van der Waals surface area contributed by atoms with Crippen LogP contribution >= 0.6 is 11.6 Å². The lowest BCUT2D eigenvalue weighted by atomic mass is 10.1. The molecule has 2 heterocycles. The minimum atomic E-state index is -0.564. The van der Waals surface area contributed by atoms with Crippen molar-refractivity contribution in [1.29, 1.82) is 0 Å². The molecule has 0 bridgehead atoms. The number of ether oxygens (including phenoxy) is 1. The Hall–Kier alpha value is -2.90. The molecule has 0 aliphatic carbocycles. The van der Waals surface area contributed by atoms with Crippen LogP contribution in [0.4, 0.5) is 10.1 Å². The monoisotopic (exact) mass is 428 g/mol. The predicted octanol–water partition coefficient (Wildman–Crippen LogP) is 4.21. The number of aryl methyl sites for hydroxylation is 1. The molecule has 1 N–H and O–H groups in total. The number of halogens is 2. The highest BCUT2D eigenvalue weighted by molar-refractivity contribution is 6.31. The van der Waals surface area contributed by atoms with Gasteiger partial charge in [-0.2, -0.15) is 5.10 Å². The van der Waals surface area contributed by atoms with Crippen molar-refractivity contribution >= 4 is 23.2 Å². The van der Waals surface area contributed by atoms with Crippen molar-refractivity contribution in [1.82, 2.24) is 14.7 Å². The van der Waals surface area contributed by atoms with Gasteiger partial charge in [-0.3, -0.25) is 9.48 Å². The molecule has 0 spiro atoms. The Morgan fingerprint density at radius 2 is 2.07 bits per heavy atom. The number of likely N-dealkylation sites (N-methyl/N-ethyl adjacent to an activating group) is 1. The molecule has 3 aromatic rings. The summed E-state index contributed by atoms with van der Waals surface area (Å²) in [5.41, 5.74) is 2.57. The van der Waals surface area contributed by atoms with Gasteiger partial charge in [-0.1, -0.05) is 11.6 Å². The van der Waals surface area contributed by atoms with E-state index in [0.29, 0.717) is 5.69 Å². The molecule has 0 unspecified atom stereocenters. The van der Waals surface area contributed by atoms with E-state index in [4.69, 9.17) is 16.3 Å². The zero-order chi connectivity index (χ0) is 21.3. The molecular weight excluding hydrogens is 407 g/mol. The minimum Gasteiger partial charge on any atom is -0.488 e. The highest BCUT2D eigenvalue weighted by atomic mass is 35.5. The Balaban J connectivity index is 1.62. The van der Waals surface area contributed by atoms with Gasteiger partial charge in [0.25, 0.3) is 5.91 Å². The van der Waals surface area contributed by atoms with Crippen molar-refractivity contribution < 1.29 is 13.9 Å². The molecule has 2 aromatic carbocycles. The Morgan fingerprint density at radius 3 is 2.73 bits per heavy atom. The average molecular weight is 429 g/mol. The third kappa shape index (κ3) is 4.32. The molecule has 1 aromatic heterocycles. The molecule has 1 fully saturated rings. The van der Waals surface area contributed by atoms with Gasteiger partial charge in [0.05, 0.1) is 10.7 Å². The fraction of sp³-hybridized carbons (Fsp3) is 0.273. The van der Waals surface area contributed by atoms with E-state index in [1.54, 1.807) is 16.9 Å². The quantitative estimate of drug-likeness (QED) is 0.661. The second-order valence-electron chi connectivity index (χ2n) is 7.42. The molecule has 30 heavy (non-hydrogen) atoms. The average Bonchev–Trinajstić information content (AvgIpc) is 3.33. The minimum absolute atomic E-state index is 0.0940. The number of nitrogens with zero attached hydrogens (tertiary/aromatic N) is 3. The lowest BCUT2D eigenvalue weighted by Gasteiger charge is -2.18. The maximum absolute atomic E-state index is 13.4. The molecule has 8 heteroatoms. The highest BCUT2D eigenvalue weighted by Gasteiger charge is 2.23. The van der Waals surface area contributed by atoms with Gasteiger partial charge in [0.2, 0.25) is 0 Å². The van der Waals surface area contributed by atoms with Gasteiger partial charge in [-0.15, -0.1) is 0 Å². The molecule has 4 rings (SSSR count). The summed E-state index contributed by atoms with van der Waals surface area (Å²) < 4.78 is 21.4. The predicted molar refractivity (Wildman–Crippen MR) is 115 cm³/mol. The van der Waals surface area contributed by atoms with Crippen molar-refractivity contribution in [2.45, 2.75) is 12.5 Å². The Morgan fingerprint density at radius 1 is 1.23 bits per heavy atom. The first-order valence-corrected chi connectivity index (χ1v) is 10.0. The van der Waals surface area contributed by atoms with Gasteiger partial charge in [0.1, 0.15) is 17.7 Å². The number of amides is 1. The molecule has 156 valence electrons. The van der Waals surface area contributed by atoms with Crippen molar-refractivity contribution in [3.8, 4) is 17.0 Å². The van der Waals surface area contributed by atoms with Gasteiger partial charge in [0.15, 0.2) is 0 Å². The first-order chi connectivity index (χ1) is 14.4. The topological polar surface area (TPSA) is 59.4 Å². The number of anilines is 1. The zero-order valence-electron chi connectivity index (χ0n) is 16.7. The fourth-order valence-electron chi connectivity index (χ4n) is 3.56. The van der Waals surface area contributed by atoms with E-state index in [0.717, 1.165) is 36.5 Å². The number of carbonyl (C=O) groups is 1. The number of benzene rings is 2. The van der Waals surface area contributed by atoms with E-state index in [1.165, 1.54) is 18.2 Å². The van der Waals surface area contributed by atoms with Gasteiger partial charge in [0, 0.05) is 43.1 Å². The lowest BCUT2D eigenvalue weighted by Crippen LogP contribution is -2.21. The van der Waals surface area contributed by atoms with Crippen LogP contribution in [0.25, 0.3) is 11.3 Å². The van der Waals surface area contributed by atoms with Crippen LogP contribution in [0.1, 0.15) is 16.8 Å². The van der Waals surface area contributed by atoms with Crippen LogP contribution in [0.3, 0.4) is 0 Å². The van der Waals surface area contributed by atoms with E-state index in [-0.39, 0.29) is 22.6 Å². The third-order valence-corrected chi connectivity index (χ3v) is 5.45. The summed E-state index contributed by atoms with van der Waals surface area (Å²) in [7, 11) is 3.93. The molecule has 1 saturated heterocycles. The van der Waals surface area contributed by atoms with Gasteiger partial charge < -0.3 is 15.0 Å². The summed E-state index contributed by atoms with van der Waals surface area (Å²) >= 11 is 5.80. The van der Waals surface area contributed by atoms with Crippen molar-refractivity contribution in [2.24, 2.45) is 7.05 Å². The van der Waals surface area contributed by atoms with Crippen LogP contribution in [0, 0.1) is 5.82 Å². The molecule has 1 aliphatic heterocycles. The lowest BCUT2D eigenvalue weighted by molar-refractivity contribution is 0.102. The molecule has 0 saturated carbocycles. The van der Waals surface area contributed by atoms with Crippen molar-refractivity contribution in [3.63, 3.8) is 0 Å². The van der Waals surface area contributed by atoms with Gasteiger partial charge >= 0.3 is 0 Å². The summed E-state index contributed by atoms with van der Waals surface area (Å²) in [6.07, 6.45) is 2.79.